The van der Waals surface area contributed by atoms with Gasteiger partial charge in [0.25, 0.3) is 0 Å². The van der Waals surface area contributed by atoms with Gasteiger partial charge in [0, 0.05) is 7.05 Å². The van der Waals surface area contributed by atoms with Crippen molar-refractivity contribution in [2.24, 2.45) is 7.05 Å². The highest BCUT2D eigenvalue weighted by molar-refractivity contribution is 7.73. The summed E-state index contributed by atoms with van der Waals surface area (Å²) in [5, 5.41) is 0. The van der Waals surface area contributed by atoms with Crippen LogP contribution in [0.4, 0.5) is 0 Å². The third-order valence-electron chi connectivity index (χ3n) is 2.26. The summed E-state index contributed by atoms with van der Waals surface area (Å²) < 4.78 is 4.31. The fraction of sp³-hybridized carbons (Fsp3) is 0.300. The van der Waals surface area contributed by atoms with Gasteiger partial charge in [-0.05, 0) is 36.3 Å². The quantitative estimate of drug-likeness (QED) is 0.650. The summed E-state index contributed by atoms with van der Waals surface area (Å²) >= 11 is 6.90. The molecule has 0 N–H and O–H groups in total. The van der Waals surface area contributed by atoms with Crippen molar-refractivity contribution in [1.29, 1.82) is 0 Å². The Balaban J connectivity index is 2.80. The number of nitrogens with zero attached hydrogens (tertiary/aromatic N) is 1. The second-order valence-electron chi connectivity index (χ2n) is 3.08. The van der Waals surface area contributed by atoms with Gasteiger partial charge in [-0.1, -0.05) is 13.0 Å². The first kappa shape index (κ1) is 8.91. The van der Waals surface area contributed by atoms with Crippen LogP contribution in [0.5, 0.6) is 0 Å². The minimum Gasteiger partial charge on any atom is -0.326 e. The smallest absolute Gasteiger partial charge is 0.161 e. The Kier molecular flexibility index (Phi) is 2.22. The van der Waals surface area contributed by atoms with Crippen LogP contribution in [-0.4, -0.2) is 4.57 Å². The van der Waals surface area contributed by atoms with Gasteiger partial charge in [-0.25, -0.2) is 0 Å². The number of hydrogen-bond donors (Lipinski definition) is 0. The van der Waals surface area contributed by atoms with Crippen molar-refractivity contribution in [3.63, 3.8) is 0 Å². The summed E-state index contributed by atoms with van der Waals surface area (Å²) in [7, 11) is 2.02. The molecule has 1 heterocycles. The Labute approximate surface area is 86.6 Å². The number of aromatic nitrogens is 1. The van der Waals surface area contributed by atoms with Crippen molar-refractivity contribution in [2.75, 3.05) is 0 Å². The van der Waals surface area contributed by atoms with Crippen LogP contribution in [0.3, 0.4) is 0 Å². The number of fused-ring (bicyclic) bond motifs is 1. The van der Waals surface area contributed by atoms with Gasteiger partial charge in [-0.3, -0.25) is 0 Å². The van der Waals surface area contributed by atoms with Crippen LogP contribution in [-0.2, 0) is 13.5 Å². The molecular formula is C10H11NS2. The van der Waals surface area contributed by atoms with E-state index < -0.39 is 0 Å². The van der Waals surface area contributed by atoms with E-state index in [-0.39, 0.29) is 0 Å². The molecule has 0 atom stereocenters. The van der Waals surface area contributed by atoms with Crippen LogP contribution in [0.1, 0.15) is 12.5 Å². The molecule has 13 heavy (non-hydrogen) atoms. The van der Waals surface area contributed by atoms with Crippen molar-refractivity contribution in [3.8, 4) is 0 Å². The SMILES string of the molecule is CCc1ccc2c(c1)sc(=S)n2C. The number of thiazole rings is 1. The highest BCUT2D eigenvalue weighted by atomic mass is 32.1. The van der Waals surface area contributed by atoms with Gasteiger partial charge in [-0.15, -0.1) is 11.3 Å². The maximum atomic E-state index is 5.22. The summed E-state index contributed by atoms with van der Waals surface area (Å²) in [4.78, 5) is 0. The third kappa shape index (κ3) is 1.42. The molecule has 0 aliphatic heterocycles. The topological polar surface area (TPSA) is 4.93 Å². The van der Waals surface area contributed by atoms with Crippen LogP contribution in [0.15, 0.2) is 18.2 Å². The zero-order valence-electron chi connectivity index (χ0n) is 7.70. The average Bonchev–Trinajstić information content (AvgIpc) is 2.42. The van der Waals surface area contributed by atoms with Crippen molar-refractivity contribution in [2.45, 2.75) is 13.3 Å². The van der Waals surface area contributed by atoms with Gasteiger partial charge in [0.05, 0.1) is 10.2 Å². The molecule has 68 valence electrons. The van der Waals surface area contributed by atoms with Gasteiger partial charge in [0.1, 0.15) is 0 Å². The summed E-state index contributed by atoms with van der Waals surface area (Å²) in [6.07, 6.45) is 1.09. The van der Waals surface area contributed by atoms with Gasteiger partial charge < -0.3 is 4.57 Å². The highest BCUT2D eigenvalue weighted by Crippen LogP contribution is 2.23. The fourth-order valence-corrected chi connectivity index (χ4v) is 2.71. The third-order valence-corrected chi connectivity index (χ3v) is 3.78. The van der Waals surface area contributed by atoms with Crippen molar-refractivity contribution < 1.29 is 0 Å². The Morgan fingerprint density at radius 2 is 2.23 bits per heavy atom. The molecule has 0 aliphatic rings. The zero-order chi connectivity index (χ0) is 9.42. The maximum absolute atomic E-state index is 5.22. The normalized spacial score (nSPS) is 10.9. The van der Waals surface area contributed by atoms with E-state index >= 15 is 0 Å². The molecule has 1 nitrogen and oxygen atoms in total. The van der Waals surface area contributed by atoms with Crippen molar-refractivity contribution >= 4 is 33.8 Å². The molecule has 1 aromatic carbocycles. The molecular weight excluding hydrogens is 198 g/mol. The molecule has 0 fully saturated rings. The van der Waals surface area contributed by atoms with E-state index in [1.165, 1.54) is 15.8 Å². The molecule has 3 heteroatoms. The van der Waals surface area contributed by atoms with Crippen molar-refractivity contribution in [3.05, 3.63) is 27.7 Å². The lowest BCUT2D eigenvalue weighted by atomic mass is 10.2. The number of rotatable bonds is 1. The minimum absolute atomic E-state index is 0.947. The van der Waals surface area contributed by atoms with E-state index in [2.05, 4.69) is 29.7 Å². The predicted molar refractivity (Wildman–Crippen MR) is 61.0 cm³/mol. The molecule has 2 aromatic rings. The Morgan fingerprint density at radius 1 is 1.46 bits per heavy atom. The lowest BCUT2D eigenvalue weighted by Gasteiger charge is -1.97. The van der Waals surface area contributed by atoms with Crippen LogP contribution in [0.25, 0.3) is 10.2 Å². The van der Waals surface area contributed by atoms with Gasteiger partial charge in [-0.2, -0.15) is 0 Å². The van der Waals surface area contributed by atoms with Crippen molar-refractivity contribution in [1.82, 2.24) is 4.57 Å². The average molecular weight is 209 g/mol. The van der Waals surface area contributed by atoms with Crippen LogP contribution >= 0.6 is 23.6 Å². The van der Waals surface area contributed by atoms with Gasteiger partial charge in [0.15, 0.2) is 3.95 Å². The lowest BCUT2D eigenvalue weighted by Crippen LogP contribution is -1.86. The van der Waals surface area contributed by atoms with E-state index in [9.17, 15) is 0 Å². The van der Waals surface area contributed by atoms with E-state index in [0.29, 0.717) is 0 Å². The summed E-state index contributed by atoms with van der Waals surface area (Å²) in [5.41, 5.74) is 2.62. The summed E-state index contributed by atoms with van der Waals surface area (Å²) in [6, 6.07) is 6.56. The van der Waals surface area contributed by atoms with Crippen LogP contribution < -0.4 is 0 Å². The standard InChI is InChI=1S/C10H11NS2/c1-3-7-4-5-8-9(6-7)13-10(12)11(8)2/h4-6H,3H2,1-2H3. The molecule has 0 radical (unpaired) electrons. The fourth-order valence-electron chi connectivity index (χ4n) is 1.40. The highest BCUT2D eigenvalue weighted by Gasteiger charge is 2.01. The monoisotopic (exact) mass is 209 g/mol. The van der Waals surface area contributed by atoms with Crippen LogP contribution in [0.2, 0.25) is 0 Å². The molecule has 0 saturated carbocycles. The van der Waals surface area contributed by atoms with Gasteiger partial charge in [0.2, 0.25) is 0 Å². The molecule has 1 aromatic heterocycles. The molecule has 0 saturated heterocycles. The predicted octanol–water partition coefficient (Wildman–Crippen LogP) is 3.53. The molecule has 2 rings (SSSR count). The van der Waals surface area contributed by atoms with E-state index in [1.807, 2.05) is 7.05 Å². The first-order chi connectivity index (χ1) is 6.22. The van der Waals surface area contributed by atoms with E-state index in [4.69, 9.17) is 12.2 Å². The molecule has 0 spiro atoms. The minimum atomic E-state index is 0.947. The lowest BCUT2D eigenvalue weighted by molar-refractivity contribution is 0.963. The van der Waals surface area contributed by atoms with E-state index in [0.717, 1.165) is 10.4 Å². The second-order valence-corrected chi connectivity index (χ2v) is 4.76. The first-order valence-electron chi connectivity index (χ1n) is 4.31. The summed E-state index contributed by atoms with van der Waals surface area (Å²) in [6.45, 7) is 2.17. The summed E-state index contributed by atoms with van der Waals surface area (Å²) in [5.74, 6) is 0. The second kappa shape index (κ2) is 3.24. The van der Waals surface area contributed by atoms with E-state index in [1.54, 1.807) is 11.3 Å². The number of hydrogen-bond acceptors (Lipinski definition) is 2. The Bertz CT molecular complexity index is 493. The number of benzene rings is 1. The first-order valence-corrected chi connectivity index (χ1v) is 5.53. The maximum Gasteiger partial charge on any atom is 0.161 e. The van der Waals surface area contributed by atoms with Gasteiger partial charge >= 0.3 is 0 Å². The molecule has 0 bridgehead atoms. The molecule has 0 amide bonds. The largest absolute Gasteiger partial charge is 0.326 e. The Hall–Kier alpha value is -0.670. The zero-order valence-corrected chi connectivity index (χ0v) is 9.34. The van der Waals surface area contributed by atoms with Crippen LogP contribution in [0, 0.1) is 3.95 Å². The Morgan fingerprint density at radius 3 is 2.92 bits per heavy atom. The molecule has 0 unspecified atom stereocenters. The number of aryl methyl sites for hydroxylation is 2. The molecule has 0 aliphatic carbocycles.